The van der Waals surface area contributed by atoms with Crippen LogP contribution >= 0.6 is 0 Å². The first-order valence-electron chi connectivity index (χ1n) is 4.16. The molecule has 0 unspecified atom stereocenters. The Labute approximate surface area is 71.8 Å². The molecule has 1 aromatic heterocycles. The van der Waals surface area contributed by atoms with E-state index in [4.69, 9.17) is 0 Å². The second-order valence-electron chi connectivity index (χ2n) is 3.01. The lowest BCUT2D eigenvalue weighted by molar-refractivity contribution is 1.21. The molecule has 60 valence electrons. The van der Waals surface area contributed by atoms with Crippen LogP contribution in [0.5, 0.6) is 0 Å². The van der Waals surface area contributed by atoms with Crippen LogP contribution in [-0.2, 0) is 0 Å². The Morgan fingerprint density at radius 2 is 2.25 bits per heavy atom. The van der Waals surface area contributed by atoms with E-state index in [2.05, 4.69) is 36.2 Å². The van der Waals surface area contributed by atoms with Crippen LogP contribution in [0.3, 0.4) is 0 Å². The molecule has 1 aliphatic rings. The van der Waals surface area contributed by atoms with Crippen LogP contribution in [0.4, 0.5) is 0 Å². The highest BCUT2D eigenvalue weighted by Crippen LogP contribution is 1.98. The third-order valence-electron chi connectivity index (χ3n) is 2.01. The van der Waals surface area contributed by atoms with E-state index in [0.29, 0.717) is 0 Å². The topological polar surface area (TPSA) is 12.9 Å². The minimum Gasteiger partial charge on any atom is -0.257 e. The summed E-state index contributed by atoms with van der Waals surface area (Å²) in [6.45, 7) is 2.12. The molecule has 0 radical (unpaired) electrons. The summed E-state index contributed by atoms with van der Waals surface area (Å²) < 4.78 is 0. The average Bonchev–Trinajstić information content (AvgIpc) is 2.25. The van der Waals surface area contributed by atoms with Crippen LogP contribution in [0.1, 0.15) is 13.3 Å². The zero-order valence-corrected chi connectivity index (χ0v) is 7.12. The molecular weight excluding hydrogens is 146 g/mol. The van der Waals surface area contributed by atoms with E-state index in [1.807, 2.05) is 12.3 Å². The number of hydrogen-bond acceptors (Lipinski definition) is 1. The van der Waals surface area contributed by atoms with Crippen LogP contribution in [-0.4, -0.2) is 4.98 Å². The molecule has 1 nitrogen and oxygen atoms in total. The SMILES string of the molecule is CC1=CCC=c2ncccc2=C1. The number of allylic oxidation sites excluding steroid dienone is 2. The number of aromatic nitrogens is 1. The van der Waals surface area contributed by atoms with Crippen molar-refractivity contribution < 1.29 is 0 Å². The van der Waals surface area contributed by atoms with Gasteiger partial charge in [0.2, 0.25) is 0 Å². The number of fused-ring (bicyclic) bond motifs is 1. The number of rotatable bonds is 0. The monoisotopic (exact) mass is 157 g/mol. The van der Waals surface area contributed by atoms with Gasteiger partial charge in [-0.1, -0.05) is 29.9 Å². The Hall–Kier alpha value is -1.37. The highest BCUT2D eigenvalue weighted by atomic mass is 14.6. The third kappa shape index (κ3) is 1.30. The van der Waals surface area contributed by atoms with Crippen molar-refractivity contribution in [3.05, 3.63) is 40.5 Å². The molecule has 2 rings (SSSR count). The van der Waals surface area contributed by atoms with Gasteiger partial charge in [0.05, 0.1) is 5.35 Å². The van der Waals surface area contributed by atoms with E-state index in [1.165, 1.54) is 10.8 Å². The van der Waals surface area contributed by atoms with Crippen molar-refractivity contribution in [3.63, 3.8) is 0 Å². The molecule has 0 amide bonds. The van der Waals surface area contributed by atoms with Gasteiger partial charge in [-0.25, -0.2) is 0 Å². The van der Waals surface area contributed by atoms with Gasteiger partial charge in [-0.2, -0.15) is 0 Å². The smallest absolute Gasteiger partial charge is 0.0665 e. The van der Waals surface area contributed by atoms with Gasteiger partial charge >= 0.3 is 0 Å². The maximum atomic E-state index is 4.29. The first-order valence-corrected chi connectivity index (χ1v) is 4.16. The van der Waals surface area contributed by atoms with Crippen molar-refractivity contribution in [2.75, 3.05) is 0 Å². The van der Waals surface area contributed by atoms with Crippen molar-refractivity contribution in [1.29, 1.82) is 0 Å². The van der Waals surface area contributed by atoms with E-state index >= 15 is 0 Å². The zero-order valence-electron chi connectivity index (χ0n) is 7.12. The normalized spacial score (nSPS) is 14.9. The summed E-state index contributed by atoms with van der Waals surface area (Å²) in [5.74, 6) is 0. The van der Waals surface area contributed by atoms with Gasteiger partial charge in [0.15, 0.2) is 0 Å². The maximum absolute atomic E-state index is 4.29. The summed E-state index contributed by atoms with van der Waals surface area (Å²) >= 11 is 0. The first kappa shape index (κ1) is 7.29. The lowest BCUT2D eigenvalue weighted by Gasteiger charge is -1.87. The quantitative estimate of drug-likeness (QED) is 0.547. The molecule has 0 N–H and O–H groups in total. The summed E-state index contributed by atoms with van der Waals surface area (Å²) in [7, 11) is 0. The van der Waals surface area contributed by atoms with Crippen LogP contribution in [0.15, 0.2) is 30.0 Å². The van der Waals surface area contributed by atoms with E-state index < -0.39 is 0 Å². The minimum atomic E-state index is 0.992. The molecule has 0 aliphatic heterocycles. The second kappa shape index (κ2) is 2.94. The van der Waals surface area contributed by atoms with Gasteiger partial charge in [0, 0.05) is 11.4 Å². The predicted octanol–water partition coefficient (Wildman–Crippen LogP) is 0.993. The number of nitrogens with zero attached hydrogens (tertiary/aromatic N) is 1. The summed E-state index contributed by atoms with van der Waals surface area (Å²) in [5.41, 5.74) is 1.32. The van der Waals surface area contributed by atoms with Crippen LogP contribution in [0.25, 0.3) is 12.2 Å². The summed E-state index contributed by atoms with van der Waals surface area (Å²) in [6.07, 6.45) is 9.37. The van der Waals surface area contributed by atoms with E-state index in [0.717, 1.165) is 11.8 Å². The zero-order chi connectivity index (χ0) is 8.39. The first-order chi connectivity index (χ1) is 5.86. The van der Waals surface area contributed by atoms with Crippen molar-refractivity contribution in [2.45, 2.75) is 13.3 Å². The van der Waals surface area contributed by atoms with Crippen LogP contribution < -0.4 is 10.6 Å². The Morgan fingerprint density at radius 3 is 3.17 bits per heavy atom. The lowest BCUT2D eigenvalue weighted by atomic mass is 10.2. The molecular formula is C11H11N. The van der Waals surface area contributed by atoms with Gasteiger partial charge in [-0.3, -0.25) is 4.98 Å². The van der Waals surface area contributed by atoms with Crippen LogP contribution in [0.2, 0.25) is 0 Å². The Balaban J connectivity index is 2.76. The average molecular weight is 157 g/mol. The molecule has 0 saturated carbocycles. The summed E-state index contributed by atoms with van der Waals surface area (Å²) in [4.78, 5) is 4.29. The Morgan fingerprint density at radius 1 is 1.33 bits per heavy atom. The molecule has 0 bridgehead atoms. The molecule has 1 heteroatoms. The fraction of sp³-hybridized carbons (Fsp3) is 0.182. The van der Waals surface area contributed by atoms with E-state index in [1.54, 1.807) is 0 Å². The largest absolute Gasteiger partial charge is 0.257 e. The maximum Gasteiger partial charge on any atom is 0.0665 e. The van der Waals surface area contributed by atoms with Crippen molar-refractivity contribution in [2.24, 2.45) is 0 Å². The van der Waals surface area contributed by atoms with Crippen molar-refractivity contribution in [1.82, 2.24) is 4.98 Å². The molecule has 0 atom stereocenters. The van der Waals surface area contributed by atoms with E-state index in [9.17, 15) is 0 Å². The van der Waals surface area contributed by atoms with Gasteiger partial charge in [0.25, 0.3) is 0 Å². The molecule has 12 heavy (non-hydrogen) atoms. The molecule has 0 spiro atoms. The van der Waals surface area contributed by atoms with Gasteiger partial charge < -0.3 is 0 Å². The fourth-order valence-corrected chi connectivity index (χ4v) is 1.38. The Bertz CT molecular complexity index is 427. The summed E-state index contributed by atoms with van der Waals surface area (Å²) in [5, 5.41) is 2.33. The highest BCUT2D eigenvalue weighted by molar-refractivity contribution is 5.48. The molecule has 0 aromatic carbocycles. The molecule has 1 aromatic rings. The lowest BCUT2D eigenvalue weighted by Crippen LogP contribution is -2.26. The molecule has 1 heterocycles. The fourth-order valence-electron chi connectivity index (χ4n) is 1.38. The van der Waals surface area contributed by atoms with Crippen molar-refractivity contribution in [3.8, 4) is 0 Å². The number of hydrogen-bond donors (Lipinski definition) is 0. The van der Waals surface area contributed by atoms with E-state index in [-0.39, 0.29) is 0 Å². The van der Waals surface area contributed by atoms with Gasteiger partial charge in [-0.05, 0) is 19.4 Å². The summed E-state index contributed by atoms with van der Waals surface area (Å²) in [6, 6.07) is 4.07. The highest BCUT2D eigenvalue weighted by Gasteiger charge is 1.90. The third-order valence-corrected chi connectivity index (χ3v) is 2.01. The van der Waals surface area contributed by atoms with Gasteiger partial charge in [0.1, 0.15) is 0 Å². The van der Waals surface area contributed by atoms with Crippen molar-refractivity contribution >= 4 is 12.2 Å². The van der Waals surface area contributed by atoms with Gasteiger partial charge in [-0.15, -0.1) is 0 Å². The molecule has 0 saturated heterocycles. The second-order valence-corrected chi connectivity index (χ2v) is 3.01. The molecule has 0 fully saturated rings. The molecule has 1 aliphatic carbocycles. The van der Waals surface area contributed by atoms with Crippen LogP contribution in [0, 0.1) is 0 Å². The standard InChI is InChI=1S/C11H11N/c1-9-4-2-6-11-10(8-9)5-3-7-12-11/h3-8H,2H2,1H3. The predicted molar refractivity (Wildman–Crippen MR) is 50.8 cm³/mol. The minimum absolute atomic E-state index is 0.992. The number of pyridine rings is 1. The Kier molecular flexibility index (Phi) is 1.78.